The smallest absolute Gasteiger partial charge is 0.333 e. The molecule has 0 aliphatic heterocycles. The zero-order chi connectivity index (χ0) is 32.4. The van der Waals surface area contributed by atoms with E-state index in [-0.39, 0.29) is 26.4 Å². The topological polar surface area (TPSA) is 71.1 Å². The van der Waals surface area contributed by atoms with Crippen molar-refractivity contribution in [3.8, 4) is 33.8 Å². The van der Waals surface area contributed by atoms with E-state index in [0.29, 0.717) is 22.6 Å². The van der Waals surface area contributed by atoms with E-state index in [0.717, 1.165) is 33.4 Å². The molecule has 0 heterocycles. The lowest BCUT2D eigenvalue weighted by Gasteiger charge is -2.28. The van der Waals surface area contributed by atoms with Crippen molar-refractivity contribution in [3.05, 3.63) is 132 Å². The van der Waals surface area contributed by atoms with Crippen molar-refractivity contribution in [1.29, 1.82) is 0 Å². The zero-order valence-corrected chi connectivity index (χ0v) is 26.4. The van der Waals surface area contributed by atoms with Crippen LogP contribution < -0.4 is 9.47 Å². The molecule has 0 aromatic heterocycles. The number of ether oxygens (including phenoxy) is 4. The Morgan fingerprint density at radius 2 is 0.956 bits per heavy atom. The van der Waals surface area contributed by atoms with Crippen LogP contribution in [0.5, 0.6) is 11.5 Å². The summed E-state index contributed by atoms with van der Waals surface area (Å²) in [6.07, 6.45) is 0. The van der Waals surface area contributed by atoms with E-state index in [2.05, 4.69) is 51.3 Å². The van der Waals surface area contributed by atoms with Crippen molar-refractivity contribution >= 4 is 11.9 Å². The van der Waals surface area contributed by atoms with Crippen LogP contribution in [-0.4, -0.2) is 38.4 Å². The molecule has 45 heavy (non-hydrogen) atoms. The lowest BCUT2D eigenvalue weighted by atomic mass is 9.76. The van der Waals surface area contributed by atoms with E-state index < -0.39 is 17.4 Å². The van der Waals surface area contributed by atoms with Gasteiger partial charge in [0.2, 0.25) is 0 Å². The Morgan fingerprint density at radius 1 is 0.578 bits per heavy atom. The minimum atomic E-state index is -0.434. The van der Waals surface area contributed by atoms with Crippen LogP contribution >= 0.6 is 0 Å². The van der Waals surface area contributed by atoms with Crippen molar-refractivity contribution < 1.29 is 28.5 Å². The maximum absolute atomic E-state index is 11.8. The van der Waals surface area contributed by atoms with Crippen LogP contribution in [0, 0.1) is 0 Å². The molecule has 0 saturated heterocycles. The minimum Gasteiger partial charge on any atom is -0.489 e. The van der Waals surface area contributed by atoms with Gasteiger partial charge in [0.05, 0.1) is 0 Å². The van der Waals surface area contributed by atoms with Crippen LogP contribution in [-0.2, 0) is 24.5 Å². The maximum atomic E-state index is 11.8. The van der Waals surface area contributed by atoms with E-state index in [1.807, 2.05) is 72.8 Å². The van der Waals surface area contributed by atoms with Gasteiger partial charge in [-0.1, -0.05) is 99.8 Å². The molecule has 0 aliphatic carbocycles. The van der Waals surface area contributed by atoms with E-state index in [4.69, 9.17) is 18.9 Å². The molecule has 0 aliphatic rings. The number of benzene rings is 4. The van der Waals surface area contributed by atoms with Crippen molar-refractivity contribution in [2.45, 2.75) is 33.1 Å². The number of esters is 2. The molecule has 0 fully saturated rings. The summed E-state index contributed by atoms with van der Waals surface area (Å²) < 4.78 is 22.6. The molecule has 4 aromatic carbocycles. The summed E-state index contributed by atoms with van der Waals surface area (Å²) in [7, 11) is 0. The van der Waals surface area contributed by atoms with Crippen LogP contribution in [0.4, 0.5) is 0 Å². The fraction of sp³-hybridized carbons (Fsp3) is 0.231. The fourth-order valence-corrected chi connectivity index (χ4v) is 4.76. The lowest BCUT2D eigenvalue weighted by Crippen LogP contribution is -2.19. The van der Waals surface area contributed by atoms with E-state index in [9.17, 15) is 9.59 Å². The second kappa shape index (κ2) is 15.1. The predicted octanol–water partition coefficient (Wildman–Crippen LogP) is 8.34. The van der Waals surface area contributed by atoms with Gasteiger partial charge in [0.1, 0.15) is 37.9 Å². The second-order valence-electron chi connectivity index (χ2n) is 11.3. The first-order valence-corrected chi connectivity index (χ1v) is 14.9. The van der Waals surface area contributed by atoms with Crippen molar-refractivity contribution in [3.63, 3.8) is 0 Å². The van der Waals surface area contributed by atoms with Crippen LogP contribution in [0.25, 0.3) is 22.3 Å². The molecule has 0 radical (unpaired) electrons. The molecule has 0 amide bonds. The number of hydrogen-bond donors (Lipinski definition) is 0. The Bertz CT molecular complexity index is 1530. The first kappa shape index (κ1) is 32.8. The quantitative estimate of drug-likeness (QED) is 0.0819. The number of hydrogen-bond acceptors (Lipinski definition) is 6. The molecular weight excluding hydrogens is 564 g/mol. The molecule has 0 saturated carbocycles. The molecule has 0 unspecified atom stereocenters. The largest absolute Gasteiger partial charge is 0.489 e. The van der Waals surface area contributed by atoms with Gasteiger partial charge in [-0.15, -0.1) is 0 Å². The fourth-order valence-electron chi connectivity index (χ4n) is 4.76. The normalized spacial score (nSPS) is 10.9. The van der Waals surface area contributed by atoms with Gasteiger partial charge in [-0.05, 0) is 60.4 Å². The van der Waals surface area contributed by atoms with Gasteiger partial charge in [0.25, 0.3) is 0 Å². The lowest BCUT2D eigenvalue weighted by molar-refractivity contribution is -0.140. The Hall–Kier alpha value is -5.10. The number of carbonyl (C=O) groups excluding carboxylic acids is 2. The summed E-state index contributed by atoms with van der Waals surface area (Å²) in [5.41, 5.74) is 6.44. The Kier molecular flexibility index (Phi) is 11.0. The summed E-state index contributed by atoms with van der Waals surface area (Å²) in [6, 6.07) is 32.6. The van der Waals surface area contributed by atoms with Gasteiger partial charge in [-0.25, -0.2) is 9.59 Å². The van der Waals surface area contributed by atoms with Gasteiger partial charge in [0, 0.05) is 27.7 Å². The highest BCUT2D eigenvalue weighted by Crippen LogP contribution is 2.41. The van der Waals surface area contributed by atoms with Gasteiger partial charge in [-0.3, -0.25) is 0 Å². The second-order valence-corrected chi connectivity index (χ2v) is 11.3. The predicted molar refractivity (Wildman–Crippen MR) is 178 cm³/mol. The zero-order valence-electron chi connectivity index (χ0n) is 26.4. The SMILES string of the molecule is C=C(C)C(=O)OCCOc1ccc(C(C)(C)c2ccc(OCCOC(=O)C(=C)C)c(-c3ccccc3)c2)cc1-c1ccccc1. The third kappa shape index (κ3) is 8.51. The highest BCUT2D eigenvalue weighted by atomic mass is 16.6. The molecule has 0 bridgehead atoms. The first-order valence-electron chi connectivity index (χ1n) is 14.9. The third-order valence-electron chi connectivity index (χ3n) is 7.42. The van der Waals surface area contributed by atoms with E-state index in [1.165, 1.54) is 0 Å². The monoisotopic (exact) mass is 604 g/mol. The summed E-state index contributed by atoms with van der Waals surface area (Å²) >= 11 is 0. The Labute approximate surface area is 265 Å². The minimum absolute atomic E-state index is 0.125. The molecule has 0 N–H and O–H groups in total. The average molecular weight is 605 g/mol. The van der Waals surface area contributed by atoms with Crippen LogP contribution in [0.2, 0.25) is 0 Å². The Morgan fingerprint density at radius 3 is 1.31 bits per heavy atom. The molecule has 4 aromatic rings. The highest BCUT2D eigenvalue weighted by molar-refractivity contribution is 5.87. The van der Waals surface area contributed by atoms with Gasteiger partial charge >= 0.3 is 11.9 Å². The van der Waals surface area contributed by atoms with Crippen LogP contribution in [0.1, 0.15) is 38.8 Å². The molecule has 6 nitrogen and oxygen atoms in total. The van der Waals surface area contributed by atoms with E-state index >= 15 is 0 Å². The summed E-state index contributed by atoms with van der Waals surface area (Å²) in [4.78, 5) is 23.5. The summed E-state index contributed by atoms with van der Waals surface area (Å²) in [5, 5.41) is 0. The van der Waals surface area contributed by atoms with Crippen molar-refractivity contribution in [1.82, 2.24) is 0 Å². The van der Waals surface area contributed by atoms with Gasteiger partial charge < -0.3 is 18.9 Å². The number of rotatable bonds is 14. The molecule has 0 atom stereocenters. The molecule has 0 spiro atoms. The van der Waals surface area contributed by atoms with Gasteiger partial charge in [-0.2, -0.15) is 0 Å². The average Bonchev–Trinajstić information content (AvgIpc) is 3.05. The van der Waals surface area contributed by atoms with Crippen LogP contribution in [0.15, 0.2) is 121 Å². The van der Waals surface area contributed by atoms with Gasteiger partial charge in [0.15, 0.2) is 0 Å². The standard InChI is InChI=1S/C39H40O6/c1-27(2)37(40)44-23-21-42-35-19-17-31(25-33(35)29-13-9-7-10-14-29)39(5,6)32-18-20-36(43-22-24-45-38(41)28(3)4)34(26-32)30-15-11-8-12-16-30/h7-20,25-26H,1,3,21-24H2,2,4-6H3. The van der Waals surface area contributed by atoms with Crippen LogP contribution in [0.3, 0.4) is 0 Å². The molecular formula is C39H40O6. The van der Waals surface area contributed by atoms with Crippen molar-refractivity contribution in [2.75, 3.05) is 26.4 Å². The first-order chi connectivity index (χ1) is 21.6. The molecule has 4 rings (SSSR count). The number of carbonyl (C=O) groups is 2. The molecule has 232 valence electrons. The Balaban J connectivity index is 1.64. The third-order valence-corrected chi connectivity index (χ3v) is 7.42. The summed E-state index contributed by atoms with van der Waals surface area (Å²) in [5.74, 6) is 0.536. The van der Waals surface area contributed by atoms with E-state index in [1.54, 1.807) is 13.8 Å². The highest BCUT2D eigenvalue weighted by Gasteiger charge is 2.26. The summed E-state index contributed by atoms with van der Waals surface area (Å²) in [6.45, 7) is 15.5. The maximum Gasteiger partial charge on any atom is 0.333 e. The molecule has 6 heteroatoms. The van der Waals surface area contributed by atoms with Crippen molar-refractivity contribution in [2.24, 2.45) is 0 Å².